The van der Waals surface area contributed by atoms with Gasteiger partial charge in [0.2, 0.25) is 5.91 Å². The van der Waals surface area contributed by atoms with Gasteiger partial charge in [-0.25, -0.2) is 0 Å². The average Bonchev–Trinajstić information content (AvgIpc) is 2.69. The van der Waals surface area contributed by atoms with Crippen LogP contribution in [0.2, 0.25) is 0 Å². The third-order valence-corrected chi connectivity index (χ3v) is 4.14. The van der Waals surface area contributed by atoms with Gasteiger partial charge >= 0.3 is 0 Å². The first-order valence-electron chi connectivity index (χ1n) is 8.87. The van der Waals surface area contributed by atoms with Crippen LogP contribution in [0.3, 0.4) is 0 Å². The Morgan fingerprint density at radius 3 is 2.04 bits per heavy atom. The number of carbonyl (C=O) groups is 1. The van der Waals surface area contributed by atoms with Crippen LogP contribution in [0.25, 0.3) is 0 Å². The molecule has 132 valence electrons. The topological polar surface area (TPSA) is 29.5 Å². The Kier molecular flexibility index (Phi) is 6.05. The molecule has 0 aliphatic rings. The molecule has 0 spiro atoms. The van der Waals surface area contributed by atoms with E-state index in [1.54, 1.807) is 0 Å². The predicted octanol–water partition coefficient (Wildman–Crippen LogP) is 4.86. The number of para-hydroxylation sites is 1. The third kappa shape index (κ3) is 4.73. The Morgan fingerprint density at radius 2 is 1.42 bits per heavy atom. The van der Waals surface area contributed by atoms with Crippen LogP contribution in [-0.4, -0.2) is 12.5 Å². The molecule has 0 saturated heterocycles. The zero-order valence-electron chi connectivity index (χ0n) is 15.0. The summed E-state index contributed by atoms with van der Waals surface area (Å²) in [6.45, 7) is 3.15. The van der Waals surface area contributed by atoms with E-state index in [9.17, 15) is 4.79 Å². The van der Waals surface area contributed by atoms with Crippen LogP contribution in [0.5, 0.6) is 5.75 Å². The molecule has 0 atom stereocenters. The van der Waals surface area contributed by atoms with Gasteiger partial charge < -0.3 is 9.64 Å². The summed E-state index contributed by atoms with van der Waals surface area (Å²) in [5.41, 5.74) is 3.00. The van der Waals surface area contributed by atoms with Gasteiger partial charge in [0.05, 0.1) is 19.6 Å². The minimum atomic E-state index is 0.0733. The molecule has 1 amide bonds. The summed E-state index contributed by atoms with van der Waals surface area (Å²) in [5.74, 6) is 0.900. The van der Waals surface area contributed by atoms with E-state index in [1.165, 1.54) is 0 Å². The second kappa shape index (κ2) is 8.86. The Balaban J connectivity index is 1.78. The van der Waals surface area contributed by atoms with Crippen molar-refractivity contribution in [3.63, 3.8) is 0 Å². The lowest BCUT2D eigenvalue weighted by atomic mass is 10.1. The predicted molar refractivity (Wildman–Crippen MR) is 105 cm³/mol. The number of hydrogen-bond acceptors (Lipinski definition) is 2. The molecule has 26 heavy (non-hydrogen) atoms. The van der Waals surface area contributed by atoms with Crippen molar-refractivity contribution in [1.82, 2.24) is 0 Å². The van der Waals surface area contributed by atoms with E-state index in [0.29, 0.717) is 19.6 Å². The Hall–Kier alpha value is -3.07. The van der Waals surface area contributed by atoms with Gasteiger partial charge in [-0.1, -0.05) is 60.7 Å². The second-order valence-electron chi connectivity index (χ2n) is 6.05. The number of amides is 1. The molecule has 0 radical (unpaired) electrons. The summed E-state index contributed by atoms with van der Waals surface area (Å²) in [7, 11) is 0. The maximum Gasteiger partial charge on any atom is 0.231 e. The Labute approximate surface area is 154 Å². The molecule has 3 nitrogen and oxygen atoms in total. The van der Waals surface area contributed by atoms with Crippen LogP contribution in [0.4, 0.5) is 5.69 Å². The molecule has 0 N–H and O–H groups in total. The number of anilines is 1. The summed E-state index contributed by atoms with van der Waals surface area (Å²) < 4.78 is 5.47. The Morgan fingerprint density at radius 1 is 0.808 bits per heavy atom. The summed E-state index contributed by atoms with van der Waals surface area (Å²) in [4.78, 5) is 14.9. The van der Waals surface area contributed by atoms with Crippen molar-refractivity contribution < 1.29 is 9.53 Å². The third-order valence-electron chi connectivity index (χ3n) is 4.14. The van der Waals surface area contributed by atoms with Crippen LogP contribution in [0.1, 0.15) is 18.1 Å². The smallest absolute Gasteiger partial charge is 0.231 e. The zero-order chi connectivity index (χ0) is 18.2. The van der Waals surface area contributed by atoms with E-state index < -0.39 is 0 Å². The molecule has 0 heterocycles. The molecule has 3 rings (SSSR count). The molecule has 3 aromatic rings. The largest absolute Gasteiger partial charge is 0.494 e. The van der Waals surface area contributed by atoms with Gasteiger partial charge in [-0.3, -0.25) is 4.79 Å². The normalized spacial score (nSPS) is 10.3. The highest BCUT2D eigenvalue weighted by Gasteiger charge is 2.16. The number of carbonyl (C=O) groups excluding carboxylic acids is 1. The van der Waals surface area contributed by atoms with Gasteiger partial charge in [0.15, 0.2) is 0 Å². The minimum absolute atomic E-state index is 0.0733. The minimum Gasteiger partial charge on any atom is -0.494 e. The first-order valence-corrected chi connectivity index (χ1v) is 8.87. The highest BCUT2D eigenvalue weighted by molar-refractivity contribution is 5.94. The standard InChI is InChI=1S/C23H23NO2/c1-2-26-22-15-13-19(14-16-22)17-23(25)24(21-11-7-4-8-12-21)18-20-9-5-3-6-10-20/h3-16H,2,17-18H2,1H3. The molecule has 0 unspecified atom stereocenters. The van der Waals surface area contributed by atoms with Gasteiger partial charge in [-0.15, -0.1) is 0 Å². The van der Waals surface area contributed by atoms with Crippen LogP contribution < -0.4 is 9.64 Å². The maximum atomic E-state index is 13.0. The van der Waals surface area contributed by atoms with E-state index in [2.05, 4.69) is 0 Å². The van der Waals surface area contributed by atoms with Crippen molar-refractivity contribution in [2.24, 2.45) is 0 Å². The fourth-order valence-corrected chi connectivity index (χ4v) is 2.84. The van der Waals surface area contributed by atoms with E-state index in [4.69, 9.17) is 4.74 Å². The fraction of sp³-hybridized carbons (Fsp3) is 0.174. The number of benzene rings is 3. The van der Waals surface area contributed by atoms with E-state index in [0.717, 1.165) is 22.6 Å². The van der Waals surface area contributed by atoms with Crippen molar-refractivity contribution in [2.75, 3.05) is 11.5 Å². The second-order valence-corrected chi connectivity index (χ2v) is 6.05. The number of rotatable bonds is 7. The van der Waals surface area contributed by atoms with Crippen LogP contribution in [0, 0.1) is 0 Å². The monoisotopic (exact) mass is 345 g/mol. The van der Waals surface area contributed by atoms with Gasteiger partial charge in [0, 0.05) is 5.69 Å². The zero-order valence-corrected chi connectivity index (χ0v) is 15.0. The lowest BCUT2D eigenvalue weighted by molar-refractivity contribution is -0.118. The van der Waals surface area contributed by atoms with Crippen molar-refractivity contribution >= 4 is 11.6 Å². The van der Waals surface area contributed by atoms with E-state index >= 15 is 0 Å². The molecule has 0 saturated carbocycles. The highest BCUT2D eigenvalue weighted by Crippen LogP contribution is 2.19. The molecule has 0 aliphatic heterocycles. The first kappa shape index (κ1) is 17.7. The maximum absolute atomic E-state index is 13.0. The molecule has 0 fully saturated rings. The van der Waals surface area contributed by atoms with Crippen LogP contribution >= 0.6 is 0 Å². The fourth-order valence-electron chi connectivity index (χ4n) is 2.84. The molecule has 0 bridgehead atoms. The lowest BCUT2D eigenvalue weighted by Gasteiger charge is -2.23. The number of nitrogens with zero attached hydrogens (tertiary/aromatic N) is 1. The van der Waals surface area contributed by atoms with E-state index in [1.807, 2.05) is 96.8 Å². The molecule has 0 aliphatic carbocycles. The average molecular weight is 345 g/mol. The van der Waals surface area contributed by atoms with Crippen molar-refractivity contribution in [3.05, 3.63) is 96.1 Å². The molecule has 3 aromatic carbocycles. The molecule has 0 aromatic heterocycles. The van der Waals surface area contributed by atoms with Gasteiger partial charge in [-0.05, 0) is 42.3 Å². The van der Waals surface area contributed by atoms with Gasteiger partial charge in [-0.2, -0.15) is 0 Å². The van der Waals surface area contributed by atoms with E-state index in [-0.39, 0.29) is 5.91 Å². The number of ether oxygens (including phenoxy) is 1. The molecular weight excluding hydrogens is 322 g/mol. The van der Waals surface area contributed by atoms with Crippen molar-refractivity contribution in [3.8, 4) is 5.75 Å². The van der Waals surface area contributed by atoms with Crippen molar-refractivity contribution in [1.29, 1.82) is 0 Å². The van der Waals surface area contributed by atoms with Gasteiger partial charge in [0.1, 0.15) is 5.75 Å². The summed E-state index contributed by atoms with van der Waals surface area (Å²) >= 11 is 0. The van der Waals surface area contributed by atoms with Crippen molar-refractivity contribution in [2.45, 2.75) is 19.9 Å². The SMILES string of the molecule is CCOc1ccc(CC(=O)N(Cc2ccccc2)c2ccccc2)cc1. The highest BCUT2D eigenvalue weighted by atomic mass is 16.5. The summed E-state index contributed by atoms with van der Waals surface area (Å²) in [6.07, 6.45) is 0.355. The lowest BCUT2D eigenvalue weighted by Crippen LogP contribution is -2.31. The molecular formula is C23H23NO2. The van der Waals surface area contributed by atoms with Gasteiger partial charge in [0.25, 0.3) is 0 Å². The summed E-state index contributed by atoms with van der Waals surface area (Å²) in [6, 6.07) is 27.6. The van der Waals surface area contributed by atoms with Crippen LogP contribution in [-0.2, 0) is 17.8 Å². The first-order chi connectivity index (χ1) is 12.8. The summed E-state index contributed by atoms with van der Waals surface area (Å²) in [5, 5.41) is 0. The molecule has 3 heteroatoms. The van der Waals surface area contributed by atoms with Crippen LogP contribution in [0.15, 0.2) is 84.9 Å². The number of hydrogen-bond donors (Lipinski definition) is 0. The Bertz CT molecular complexity index is 814. The quantitative estimate of drug-likeness (QED) is 0.612.